The molecule has 0 saturated carbocycles. The molecule has 0 atom stereocenters. The van der Waals surface area contributed by atoms with Crippen LogP contribution in [0.2, 0.25) is 10.0 Å². The van der Waals surface area contributed by atoms with Crippen LogP contribution in [0.15, 0.2) is 48.5 Å². The molecule has 30 heavy (non-hydrogen) atoms. The molecule has 2 nitrogen and oxygen atoms in total. The maximum Gasteiger partial charge on any atom is 0.0473 e. The van der Waals surface area contributed by atoms with Crippen molar-refractivity contribution in [2.45, 2.75) is 38.5 Å². The highest BCUT2D eigenvalue weighted by Crippen LogP contribution is 2.45. The Kier molecular flexibility index (Phi) is 5.80. The van der Waals surface area contributed by atoms with Crippen molar-refractivity contribution >= 4 is 45.3 Å². The molecule has 0 amide bonds. The fourth-order valence-electron chi connectivity index (χ4n) is 5.06. The molecule has 2 aliphatic heterocycles. The summed E-state index contributed by atoms with van der Waals surface area (Å²) >= 11 is 12.8. The van der Waals surface area contributed by atoms with Gasteiger partial charge < -0.3 is 9.80 Å². The summed E-state index contributed by atoms with van der Waals surface area (Å²) in [4.78, 5) is 5.17. The molecule has 0 radical (unpaired) electrons. The number of nitrogens with zero attached hydrogens (tertiary/aromatic N) is 2. The minimum Gasteiger partial charge on any atom is -0.371 e. The van der Waals surface area contributed by atoms with Crippen molar-refractivity contribution in [3.8, 4) is 11.1 Å². The lowest BCUT2D eigenvalue weighted by Crippen LogP contribution is -2.32. The molecule has 156 valence electrons. The van der Waals surface area contributed by atoms with Crippen LogP contribution in [0, 0.1) is 0 Å². The lowest BCUT2D eigenvalue weighted by Gasteiger charge is -2.35. The van der Waals surface area contributed by atoms with Gasteiger partial charge in [0.1, 0.15) is 0 Å². The quantitative estimate of drug-likeness (QED) is 0.411. The van der Waals surface area contributed by atoms with E-state index in [1.807, 2.05) is 18.2 Å². The van der Waals surface area contributed by atoms with Crippen LogP contribution in [0.5, 0.6) is 0 Å². The van der Waals surface area contributed by atoms with Crippen molar-refractivity contribution in [3.05, 3.63) is 58.6 Å². The first kappa shape index (κ1) is 20.0. The molecule has 0 unspecified atom stereocenters. The first-order valence-electron chi connectivity index (χ1n) is 11.2. The number of rotatable bonds is 3. The smallest absolute Gasteiger partial charge is 0.0473 e. The van der Waals surface area contributed by atoms with Crippen LogP contribution in [0.3, 0.4) is 0 Å². The molecular formula is C26H28Cl2N2. The van der Waals surface area contributed by atoms with Crippen LogP contribution in [-0.2, 0) is 0 Å². The molecule has 3 aromatic rings. The average molecular weight is 439 g/mol. The van der Waals surface area contributed by atoms with Crippen LogP contribution in [0.25, 0.3) is 21.9 Å². The number of anilines is 2. The molecule has 0 aromatic heterocycles. The SMILES string of the molecule is Clc1ccc(-c2c(N3CCCCC3)cc(N3CCCCC3)c3ccc(Cl)cc23)cc1. The Morgan fingerprint density at radius 1 is 0.533 bits per heavy atom. The second kappa shape index (κ2) is 8.69. The molecule has 5 rings (SSSR count). The Morgan fingerprint density at radius 2 is 1.10 bits per heavy atom. The zero-order valence-corrected chi connectivity index (χ0v) is 18.9. The van der Waals surface area contributed by atoms with Crippen LogP contribution < -0.4 is 9.80 Å². The van der Waals surface area contributed by atoms with E-state index < -0.39 is 0 Å². The van der Waals surface area contributed by atoms with Gasteiger partial charge in [-0.2, -0.15) is 0 Å². The fourth-order valence-corrected chi connectivity index (χ4v) is 5.36. The summed E-state index contributed by atoms with van der Waals surface area (Å²) in [5.74, 6) is 0. The molecule has 2 fully saturated rings. The van der Waals surface area contributed by atoms with E-state index in [1.54, 1.807) is 0 Å². The molecular weight excluding hydrogens is 411 g/mol. The lowest BCUT2D eigenvalue weighted by molar-refractivity contribution is 0.574. The Hall–Kier alpha value is -1.90. The van der Waals surface area contributed by atoms with Crippen LogP contribution in [0.1, 0.15) is 38.5 Å². The molecule has 4 heteroatoms. The van der Waals surface area contributed by atoms with Crippen molar-refractivity contribution in [3.63, 3.8) is 0 Å². The molecule has 2 aliphatic rings. The predicted octanol–water partition coefficient (Wildman–Crippen LogP) is 7.79. The van der Waals surface area contributed by atoms with Crippen molar-refractivity contribution in [1.82, 2.24) is 0 Å². The maximum atomic E-state index is 6.53. The van der Waals surface area contributed by atoms with Gasteiger partial charge in [-0.3, -0.25) is 0 Å². The van der Waals surface area contributed by atoms with E-state index in [-0.39, 0.29) is 0 Å². The van der Waals surface area contributed by atoms with Gasteiger partial charge in [-0.25, -0.2) is 0 Å². The van der Waals surface area contributed by atoms with E-state index >= 15 is 0 Å². The number of fused-ring (bicyclic) bond motifs is 1. The number of piperidine rings is 2. The first-order chi connectivity index (χ1) is 14.7. The van der Waals surface area contributed by atoms with Gasteiger partial charge in [0.2, 0.25) is 0 Å². The molecule has 0 aliphatic carbocycles. The second-order valence-electron chi connectivity index (χ2n) is 8.58. The van der Waals surface area contributed by atoms with Gasteiger partial charge in [0.25, 0.3) is 0 Å². The topological polar surface area (TPSA) is 6.48 Å². The van der Waals surface area contributed by atoms with E-state index in [9.17, 15) is 0 Å². The van der Waals surface area contributed by atoms with Crippen LogP contribution >= 0.6 is 23.2 Å². The zero-order chi connectivity index (χ0) is 20.5. The summed E-state index contributed by atoms with van der Waals surface area (Å²) in [7, 11) is 0. The zero-order valence-electron chi connectivity index (χ0n) is 17.3. The largest absolute Gasteiger partial charge is 0.371 e. The van der Waals surface area contributed by atoms with Gasteiger partial charge in [-0.15, -0.1) is 0 Å². The number of hydrogen-bond donors (Lipinski definition) is 0. The van der Waals surface area contributed by atoms with Gasteiger partial charge in [-0.1, -0.05) is 41.4 Å². The highest BCUT2D eigenvalue weighted by molar-refractivity contribution is 6.32. The second-order valence-corrected chi connectivity index (χ2v) is 9.45. The predicted molar refractivity (Wildman–Crippen MR) is 132 cm³/mol. The third-order valence-corrected chi connectivity index (χ3v) is 7.07. The van der Waals surface area contributed by atoms with Gasteiger partial charge in [0, 0.05) is 58.5 Å². The summed E-state index contributed by atoms with van der Waals surface area (Å²) < 4.78 is 0. The molecule has 2 saturated heterocycles. The van der Waals surface area contributed by atoms with Gasteiger partial charge in [-0.05, 0) is 79.8 Å². The Balaban J connectivity index is 1.78. The number of benzene rings is 3. The number of halogens is 2. The van der Waals surface area contributed by atoms with Crippen molar-refractivity contribution in [1.29, 1.82) is 0 Å². The van der Waals surface area contributed by atoms with Crippen LogP contribution in [0.4, 0.5) is 11.4 Å². The Morgan fingerprint density at radius 3 is 1.73 bits per heavy atom. The summed E-state index contributed by atoms with van der Waals surface area (Å²) in [5, 5.41) is 4.10. The maximum absolute atomic E-state index is 6.53. The monoisotopic (exact) mass is 438 g/mol. The minimum atomic E-state index is 0.769. The Labute approximate surface area is 189 Å². The third-order valence-electron chi connectivity index (χ3n) is 6.58. The normalized spacial score (nSPS) is 17.5. The van der Waals surface area contributed by atoms with Crippen molar-refractivity contribution in [2.75, 3.05) is 36.0 Å². The highest BCUT2D eigenvalue weighted by atomic mass is 35.5. The highest BCUT2D eigenvalue weighted by Gasteiger charge is 2.23. The van der Waals surface area contributed by atoms with E-state index in [1.165, 1.54) is 71.8 Å². The summed E-state index contributed by atoms with van der Waals surface area (Å²) in [6.07, 6.45) is 7.72. The van der Waals surface area contributed by atoms with Crippen molar-refractivity contribution in [2.24, 2.45) is 0 Å². The van der Waals surface area contributed by atoms with Gasteiger partial charge in [0.15, 0.2) is 0 Å². The fraction of sp³-hybridized carbons (Fsp3) is 0.385. The van der Waals surface area contributed by atoms with E-state index in [0.717, 1.165) is 36.2 Å². The van der Waals surface area contributed by atoms with Crippen molar-refractivity contribution < 1.29 is 0 Å². The number of hydrogen-bond acceptors (Lipinski definition) is 2. The molecule has 0 spiro atoms. The van der Waals surface area contributed by atoms with E-state index in [2.05, 4.69) is 40.1 Å². The Bertz CT molecular complexity index is 1030. The first-order valence-corrected chi connectivity index (χ1v) is 12.0. The van der Waals surface area contributed by atoms with E-state index in [0.29, 0.717) is 0 Å². The molecule has 0 bridgehead atoms. The van der Waals surface area contributed by atoms with E-state index in [4.69, 9.17) is 23.2 Å². The molecule has 3 aromatic carbocycles. The lowest BCUT2D eigenvalue weighted by atomic mass is 9.93. The van der Waals surface area contributed by atoms with Gasteiger partial charge in [0.05, 0.1) is 0 Å². The average Bonchev–Trinajstić information content (AvgIpc) is 2.80. The summed E-state index contributed by atoms with van der Waals surface area (Å²) in [5.41, 5.74) is 5.19. The van der Waals surface area contributed by atoms with Crippen LogP contribution in [-0.4, -0.2) is 26.2 Å². The minimum absolute atomic E-state index is 0.769. The molecule has 0 N–H and O–H groups in total. The standard InChI is InChI=1S/C26H28Cl2N2/c27-20-9-7-19(8-10-20)26-23-17-21(28)11-12-22(23)24(29-13-3-1-4-14-29)18-25(26)30-15-5-2-6-16-30/h7-12,17-18H,1-6,13-16H2. The molecule has 2 heterocycles. The third kappa shape index (κ3) is 3.88. The summed E-state index contributed by atoms with van der Waals surface area (Å²) in [6.45, 7) is 4.51. The van der Waals surface area contributed by atoms with Gasteiger partial charge >= 0.3 is 0 Å². The summed E-state index contributed by atoms with van der Waals surface area (Å²) in [6, 6.07) is 17.1.